The molecular weight excluding hydrogens is 262 g/mol. The Labute approximate surface area is 125 Å². The number of phenolic OH excluding ortho intramolecular Hbond substituents is 1. The van der Waals surface area contributed by atoms with Crippen LogP contribution in [0.4, 0.5) is 0 Å². The molecule has 1 aliphatic carbocycles. The number of fused-ring (bicyclic) bond motifs is 1. The van der Waals surface area contributed by atoms with Gasteiger partial charge in [-0.2, -0.15) is 0 Å². The predicted octanol–water partition coefficient (Wildman–Crippen LogP) is 3.71. The third-order valence-corrected chi connectivity index (χ3v) is 4.50. The van der Waals surface area contributed by atoms with Crippen LogP contribution >= 0.6 is 0 Å². The monoisotopic (exact) mass is 283 g/mol. The zero-order valence-electron chi connectivity index (χ0n) is 12.3. The molecule has 2 aromatic carbocycles. The van der Waals surface area contributed by atoms with E-state index in [0.717, 1.165) is 16.7 Å². The molecule has 0 bridgehead atoms. The molecule has 3 nitrogen and oxygen atoms in total. The Morgan fingerprint density at radius 1 is 1.24 bits per heavy atom. The zero-order chi connectivity index (χ0) is 14.8. The van der Waals surface area contributed by atoms with E-state index < -0.39 is 0 Å². The highest BCUT2D eigenvalue weighted by Crippen LogP contribution is 2.31. The van der Waals surface area contributed by atoms with E-state index in [4.69, 9.17) is 0 Å². The number of nitrogens with one attached hydrogen (secondary N) is 1. The molecule has 0 radical (unpaired) electrons. The van der Waals surface area contributed by atoms with E-state index in [-0.39, 0.29) is 11.7 Å². The molecule has 2 unspecified atom stereocenters. The summed E-state index contributed by atoms with van der Waals surface area (Å²) in [5.74, 6) is 1.23. The van der Waals surface area contributed by atoms with Gasteiger partial charge in [-0.15, -0.1) is 0 Å². The van der Waals surface area contributed by atoms with Crippen molar-refractivity contribution in [2.45, 2.75) is 26.2 Å². The summed E-state index contributed by atoms with van der Waals surface area (Å²) in [6.07, 6.45) is 3.62. The van der Waals surface area contributed by atoms with Gasteiger partial charge in [0.15, 0.2) is 0 Å². The van der Waals surface area contributed by atoms with Gasteiger partial charge in [-0.05, 0) is 36.1 Å². The fraction of sp³-hybridized carbons (Fsp3) is 0.389. The van der Waals surface area contributed by atoms with E-state index in [9.17, 15) is 9.90 Å². The molecule has 0 saturated heterocycles. The summed E-state index contributed by atoms with van der Waals surface area (Å²) >= 11 is 0. The van der Waals surface area contributed by atoms with Gasteiger partial charge < -0.3 is 10.4 Å². The minimum absolute atomic E-state index is 0.0744. The molecule has 0 spiro atoms. The molecule has 0 aromatic heterocycles. The van der Waals surface area contributed by atoms with Gasteiger partial charge in [0, 0.05) is 11.9 Å². The summed E-state index contributed by atoms with van der Waals surface area (Å²) in [7, 11) is 0. The van der Waals surface area contributed by atoms with Crippen molar-refractivity contribution in [2.24, 2.45) is 11.8 Å². The summed E-state index contributed by atoms with van der Waals surface area (Å²) in [6, 6.07) is 11.1. The average Bonchev–Trinajstić information content (AvgIpc) is 2.91. The molecule has 3 rings (SSSR count). The van der Waals surface area contributed by atoms with Crippen LogP contribution in [0.25, 0.3) is 10.8 Å². The molecular formula is C18H21NO2. The topological polar surface area (TPSA) is 49.3 Å². The number of benzene rings is 2. The molecule has 1 fully saturated rings. The second-order valence-corrected chi connectivity index (χ2v) is 6.18. The van der Waals surface area contributed by atoms with Gasteiger partial charge in [-0.1, -0.05) is 43.7 Å². The van der Waals surface area contributed by atoms with E-state index in [1.807, 2.05) is 30.3 Å². The van der Waals surface area contributed by atoms with Gasteiger partial charge >= 0.3 is 0 Å². The predicted molar refractivity (Wildman–Crippen MR) is 84.5 cm³/mol. The van der Waals surface area contributed by atoms with E-state index in [2.05, 4.69) is 12.2 Å². The first-order valence-corrected chi connectivity index (χ1v) is 7.64. The van der Waals surface area contributed by atoms with Crippen LogP contribution in [0.1, 0.15) is 36.5 Å². The first kappa shape index (κ1) is 13.9. The molecule has 21 heavy (non-hydrogen) atoms. The maximum Gasteiger partial charge on any atom is 0.255 e. The van der Waals surface area contributed by atoms with Crippen molar-refractivity contribution in [3.8, 4) is 5.75 Å². The summed E-state index contributed by atoms with van der Waals surface area (Å²) in [5.41, 5.74) is 0.361. The molecule has 1 aliphatic rings. The molecule has 1 saturated carbocycles. The Hall–Kier alpha value is -2.03. The molecule has 110 valence electrons. The number of aromatic hydroxyl groups is 1. The lowest BCUT2D eigenvalue weighted by atomic mass is 10.0. The Morgan fingerprint density at radius 2 is 2.05 bits per heavy atom. The van der Waals surface area contributed by atoms with Crippen LogP contribution in [0.2, 0.25) is 0 Å². The maximum atomic E-state index is 12.3. The molecule has 3 heteroatoms. The third kappa shape index (κ3) is 2.87. The highest BCUT2D eigenvalue weighted by Gasteiger charge is 2.22. The lowest BCUT2D eigenvalue weighted by molar-refractivity contribution is 0.0944. The van der Waals surface area contributed by atoms with Gasteiger partial charge in [-0.3, -0.25) is 4.79 Å². The van der Waals surface area contributed by atoms with Crippen LogP contribution < -0.4 is 5.32 Å². The van der Waals surface area contributed by atoms with E-state index >= 15 is 0 Å². The fourth-order valence-corrected chi connectivity index (χ4v) is 3.28. The van der Waals surface area contributed by atoms with Gasteiger partial charge in [0.05, 0.1) is 5.56 Å². The zero-order valence-corrected chi connectivity index (χ0v) is 12.3. The maximum absolute atomic E-state index is 12.3. The van der Waals surface area contributed by atoms with E-state index in [0.29, 0.717) is 18.0 Å². The van der Waals surface area contributed by atoms with Gasteiger partial charge in [-0.25, -0.2) is 0 Å². The van der Waals surface area contributed by atoms with Crippen LogP contribution in [0.15, 0.2) is 36.4 Å². The van der Waals surface area contributed by atoms with Crippen LogP contribution in [-0.2, 0) is 0 Å². The Morgan fingerprint density at radius 3 is 2.81 bits per heavy atom. The Bertz CT molecular complexity index is 665. The van der Waals surface area contributed by atoms with Crippen LogP contribution in [-0.4, -0.2) is 17.6 Å². The molecule has 0 aliphatic heterocycles. The quantitative estimate of drug-likeness (QED) is 0.902. The standard InChI is InChI=1S/C18H21NO2/c1-12-6-7-13(10-12)11-19-18(21)16-9-8-14-4-2-3-5-15(14)17(16)20/h2-5,8-9,12-13,20H,6-7,10-11H2,1H3,(H,19,21). The number of carbonyl (C=O) groups is 1. The highest BCUT2D eigenvalue weighted by atomic mass is 16.3. The molecule has 1 amide bonds. The second-order valence-electron chi connectivity index (χ2n) is 6.18. The Balaban J connectivity index is 1.74. The van der Waals surface area contributed by atoms with Crippen molar-refractivity contribution in [3.63, 3.8) is 0 Å². The number of hydrogen-bond acceptors (Lipinski definition) is 2. The minimum atomic E-state index is -0.183. The number of amides is 1. The minimum Gasteiger partial charge on any atom is -0.506 e. The van der Waals surface area contributed by atoms with Crippen molar-refractivity contribution >= 4 is 16.7 Å². The van der Waals surface area contributed by atoms with Crippen molar-refractivity contribution in [1.29, 1.82) is 0 Å². The SMILES string of the molecule is CC1CCC(CNC(=O)c2ccc3ccccc3c2O)C1. The lowest BCUT2D eigenvalue weighted by Gasteiger charge is -2.12. The van der Waals surface area contributed by atoms with Crippen molar-refractivity contribution in [2.75, 3.05) is 6.54 Å². The van der Waals surface area contributed by atoms with Crippen molar-refractivity contribution < 1.29 is 9.90 Å². The normalized spacial score (nSPS) is 21.6. The van der Waals surface area contributed by atoms with Crippen molar-refractivity contribution in [1.82, 2.24) is 5.32 Å². The molecule has 2 atom stereocenters. The second kappa shape index (κ2) is 5.76. The third-order valence-electron chi connectivity index (χ3n) is 4.50. The van der Waals surface area contributed by atoms with E-state index in [1.165, 1.54) is 19.3 Å². The summed E-state index contributed by atoms with van der Waals surface area (Å²) < 4.78 is 0. The first-order valence-electron chi connectivity index (χ1n) is 7.64. The van der Waals surface area contributed by atoms with Gasteiger partial charge in [0.25, 0.3) is 5.91 Å². The molecule has 2 aromatic rings. The summed E-state index contributed by atoms with van der Waals surface area (Å²) in [5, 5.41) is 14.9. The van der Waals surface area contributed by atoms with Crippen LogP contribution in [0, 0.1) is 11.8 Å². The van der Waals surface area contributed by atoms with Gasteiger partial charge in [0.2, 0.25) is 0 Å². The fourth-order valence-electron chi connectivity index (χ4n) is 3.28. The Kier molecular flexibility index (Phi) is 3.82. The first-order chi connectivity index (χ1) is 10.1. The largest absolute Gasteiger partial charge is 0.506 e. The number of carbonyl (C=O) groups excluding carboxylic acids is 1. The number of hydrogen-bond donors (Lipinski definition) is 2. The van der Waals surface area contributed by atoms with Crippen LogP contribution in [0.5, 0.6) is 5.75 Å². The highest BCUT2D eigenvalue weighted by molar-refractivity contribution is 6.03. The smallest absolute Gasteiger partial charge is 0.255 e. The number of phenols is 1. The van der Waals surface area contributed by atoms with Crippen LogP contribution in [0.3, 0.4) is 0 Å². The van der Waals surface area contributed by atoms with Crippen molar-refractivity contribution in [3.05, 3.63) is 42.0 Å². The molecule has 2 N–H and O–H groups in total. The number of rotatable bonds is 3. The molecule has 0 heterocycles. The van der Waals surface area contributed by atoms with Gasteiger partial charge in [0.1, 0.15) is 5.75 Å². The summed E-state index contributed by atoms with van der Waals surface area (Å²) in [4.78, 5) is 12.3. The lowest BCUT2D eigenvalue weighted by Crippen LogP contribution is -2.28. The summed E-state index contributed by atoms with van der Waals surface area (Å²) in [6.45, 7) is 2.96. The average molecular weight is 283 g/mol. The van der Waals surface area contributed by atoms with E-state index in [1.54, 1.807) is 6.07 Å².